The molecule has 2 rings (SSSR count). The van der Waals surface area contributed by atoms with E-state index in [1.165, 1.54) is 7.11 Å². The Kier molecular flexibility index (Phi) is 6.59. The van der Waals surface area contributed by atoms with Gasteiger partial charge in [-0.2, -0.15) is 0 Å². The van der Waals surface area contributed by atoms with Crippen molar-refractivity contribution in [3.8, 4) is 0 Å². The van der Waals surface area contributed by atoms with Gasteiger partial charge in [-0.1, -0.05) is 34.5 Å². The van der Waals surface area contributed by atoms with E-state index in [1.807, 2.05) is 24.3 Å². The lowest BCUT2D eigenvalue weighted by molar-refractivity contribution is -0.141. The van der Waals surface area contributed by atoms with Crippen LogP contribution in [-0.2, 0) is 14.3 Å². The molecule has 1 aliphatic rings. The third kappa shape index (κ3) is 5.32. The first-order valence-corrected chi connectivity index (χ1v) is 8.67. The summed E-state index contributed by atoms with van der Waals surface area (Å²) in [5.74, 6) is -0.462. The lowest BCUT2D eigenvalue weighted by atomic mass is 9.85. The second-order valence-electron chi connectivity index (χ2n) is 6.02. The molecule has 1 aromatic carbocycles. The summed E-state index contributed by atoms with van der Waals surface area (Å²) >= 11 is 3.42. The molecule has 0 aromatic heterocycles. The number of benzene rings is 1. The van der Waals surface area contributed by atoms with Gasteiger partial charge in [-0.25, -0.2) is 0 Å². The minimum absolute atomic E-state index is 0.0333. The number of methoxy groups -OCH3 is 1. The molecule has 3 unspecified atom stereocenters. The number of hydrogen-bond acceptors (Lipinski definition) is 4. The van der Waals surface area contributed by atoms with Crippen LogP contribution in [0.25, 0.3) is 0 Å². The van der Waals surface area contributed by atoms with E-state index in [-0.39, 0.29) is 30.3 Å². The number of rotatable bonds is 5. The van der Waals surface area contributed by atoms with E-state index in [2.05, 4.69) is 21.2 Å². The van der Waals surface area contributed by atoms with Crippen molar-refractivity contribution in [1.82, 2.24) is 5.32 Å². The Labute approximate surface area is 145 Å². The van der Waals surface area contributed by atoms with E-state index in [9.17, 15) is 9.59 Å². The first-order chi connectivity index (χ1) is 11.0. The van der Waals surface area contributed by atoms with E-state index >= 15 is 0 Å². The van der Waals surface area contributed by atoms with Gasteiger partial charge in [0.25, 0.3) is 0 Å². The second-order valence-corrected chi connectivity index (χ2v) is 6.94. The summed E-state index contributed by atoms with van der Waals surface area (Å²) in [6.07, 6.45) is 3.61. The van der Waals surface area contributed by atoms with Gasteiger partial charge >= 0.3 is 5.97 Å². The Hall–Kier alpha value is -1.40. The van der Waals surface area contributed by atoms with Crippen LogP contribution >= 0.6 is 15.9 Å². The molecule has 0 heterocycles. The summed E-state index contributed by atoms with van der Waals surface area (Å²) in [6, 6.07) is 7.27. The fourth-order valence-corrected chi connectivity index (χ4v) is 3.40. The molecule has 1 saturated carbocycles. The maximum atomic E-state index is 12.6. The molecule has 126 valence electrons. The van der Waals surface area contributed by atoms with Crippen LogP contribution in [0.1, 0.15) is 43.7 Å². The SMILES string of the molecule is COC(=O)CC(NC(=O)C1CCCC(N)C1)c1cccc(Br)c1. The molecule has 1 aliphatic carbocycles. The number of ether oxygens (including phenoxy) is 1. The highest BCUT2D eigenvalue weighted by molar-refractivity contribution is 9.10. The Morgan fingerprint density at radius 2 is 2.22 bits per heavy atom. The van der Waals surface area contributed by atoms with Gasteiger partial charge in [0.1, 0.15) is 0 Å². The average Bonchev–Trinajstić information content (AvgIpc) is 2.54. The first-order valence-electron chi connectivity index (χ1n) is 7.88. The third-order valence-electron chi connectivity index (χ3n) is 4.25. The number of carbonyl (C=O) groups is 2. The van der Waals surface area contributed by atoms with Crippen LogP contribution in [0.2, 0.25) is 0 Å². The average molecular weight is 383 g/mol. The standard InChI is InChI=1S/C17H23BrN2O3/c1-23-16(21)10-15(11-4-2-6-13(18)8-11)20-17(22)12-5-3-7-14(19)9-12/h2,4,6,8,12,14-15H,3,5,7,9-10,19H2,1H3,(H,20,22). The second kappa shape index (κ2) is 8.45. The fraction of sp³-hybridized carbons (Fsp3) is 0.529. The van der Waals surface area contributed by atoms with Crippen molar-refractivity contribution in [3.63, 3.8) is 0 Å². The molecule has 1 amide bonds. The number of nitrogens with one attached hydrogen (secondary N) is 1. The fourth-order valence-electron chi connectivity index (χ4n) is 2.98. The van der Waals surface area contributed by atoms with Gasteiger partial charge in [-0.05, 0) is 37.0 Å². The molecule has 1 aromatic rings. The minimum Gasteiger partial charge on any atom is -0.469 e. The van der Waals surface area contributed by atoms with Crippen LogP contribution in [0.4, 0.5) is 0 Å². The highest BCUT2D eigenvalue weighted by atomic mass is 79.9. The maximum absolute atomic E-state index is 12.6. The predicted octanol–water partition coefficient (Wildman–Crippen LogP) is 2.69. The van der Waals surface area contributed by atoms with Crippen molar-refractivity contribution >= 4 is 27.8 Å². The van der Waals surface area contributed by atoms with Gasteiger partial charge in [0, 0.05) is 16.4 Å². The molecule has 3 N–H and O–H groups in total. The maximum Gasteiger partial charge on any atom is 0.307 e. The van der Waals surface area contributed by atoms with Crippen LogP contribution in [0.5, 0.6) is 0 Å². The number of halogens is 1. The molecular formula is C17H23BrN2O3. The summed E-state index contributed by atoms with van der Waals surface area (Å²) < 4.78 is 5.66. The Bertz CT molecular complexity index is 565. The highest BCUT2D eigenvalue weighted by Gasteiger charge is 2.28. The third-order valence-corrected chi connectivity index (χ3v) is 4.74. The summed E-state index contributed by atoms with van der Waals surface area (Å²) in [5.41, 5.74) is 6.84. The molecule has 0 saturated heterocycles. The van der Waals surface area contributed by atoms with Gasteiger partial charge < -0.3 is 15.8 Å². The van der Waals surface area contributed by atoms with Crippen LogP contribution in [0.3, 0.4) is 0 Å². The smallest absolute Gasteiger partial charge is 0.307 e. The number of carbonyl (C=O) groups excluding carboxylic acids is 2. The monoisotopic (exact) mass is 382 g/mol. The van der Waals surface area contributed by atoms with Crippen molar-refractivity contribution in [1.29, 1.82) is 0 Å². The molecule has 6 heteroatoms. The molecule has 5 nitrogen and oxygen atoms in total. The summed E-state index contributed by atoms with van der Waals surface area (Å²) in [4.78, 5) is 24.2. The van der Waals surface area contributed by atoms with Gasteiger partial charge in [0.2, 0.25) is 5.91 Å². The molecule has 0 aliphatic heterocycles. The van der Waals surface area contributed by atoms with E-state index in [0.29, 0.717) is 6.42 Å². The zero-order chi connectivity index (χ0) is 16.8. The van der Waals surface area contributed by atoms with Crippen molar-refractivity contribution in [2.75, 3.05) is 7.11 Å². The topological polar surface area (TPSA) is 81.4 Å². The normalized spacial score (nSPS) is 22.2. The van der Waals surface area contributed by atoms with Crippen molar-refractivity contribution < 1.29 is 14.3 Å². The van der Waals surface area contributed by atoms with Crippen LogP contribution in [-0.4, -0.2) is 25.0 Å². The van der Waals surface area contributed by atoms with Crippen LogP contribution in [0, 0.1) is 5.92 Å². The lowest BCUT2D eigenvalue weighted by Gasteiger charge is -2.28. The zero-order valence-corrected chi connectivity index (χ0v) is 14.8. The zero-order valence-electron chi connectivity index (χ0n) is 13.3. The van der Waals surface area contributed by atoms with E-state index in [4.69, 9.17) is 10.5 Å². The molecule has 3 atom stereocenters. The minimum atomic E-state index is -0.398. The van der Waals surface area contributed by atoms with Crippen LogP contribution < -0.4 is 11.1 Å². The first kappa shape index (κ1) is 17.9. The summed E-state index contributed by atoms with van der Waals surface area (Å²) in [7, 11) is 1.35. The Morgan fingerprint density at radius 1 is 1.43 bits per heavy atom. The molecule has 1 fully saturated rings. The Morgan fingerprint density at radius 3 is 2.87 bits per heavy atom. The number of amides is 1. The number of esters is 1. The molecule has 0 bridgehead atoms. The highest BCUT2D eigenvalue weighted by Crippen LogP contribution is 2.26. The van der Waals surface area contributed by atoms with Crippen molar-refractivity contribution in [2.45, 2.75) is 44.2 Å². The molecule has 0 radical (unpaired) electrons. The van der Waals surface area contributed by atoms with Crippen molar-refractivity contribution in [3.05, 3.63) is 34.3 Å². The van der Waals surface area contributed by atoms with E-state index < -0.39 is 6.04 Å². The lowest BCUT2D eigenvalue weighted by Crippen LogP contribution is -2.39. The van der Waals surface area contributed by atoms with Gasteiger partial charge in [0.05, 0.1) is 19.6 Å². The molecule has 23 heavy (non-hydrogen) atoms. The Balaban J connectivity index is 2.10. The summed E-state index contributed by atoms with van der Waals surface area (Å²) in [6.45, 7) is 0. The van der Waals surface area contributed by atoms with Crippen LogP contribution in [0.15, 0.2) is 28.7 Å². The quantitative estimate of drug-likeness (QED) is 0.766. The largest absolute Gasteiger partial charge is 0.469 e. The molecular weight excluding hydrogens is 360 g/mol. The number of nitrogens with two attached hydrogens (primary N) is 1. The van der Waals surface area contributed by atoms with Gasteiger partial charge in [0.15, 0.2) is 0 Å². The summed E-state index contributed by atoms with van der Waals surface area (Å²) in [5, 5.41) is 3.00. The van der Waals surface area contributed by atoms with Gasteiger partial charge in [-0.15, -0.1) is 0 Å². The van der Waals surface area contributed by atoms with Gasteiger partial charge in [-0.3, -0.25) is 9.59 Å². The van der Waals surface area contributed by atoms with E-state index in [1.54, 1.807) is 0 Å². The predicted molar refractivity (Wildman–Crippen MR) is 91.6 cm³/mol. The van der Waals surface area contributed by atoms with Crippen molar-refractivity contribution in [2.24, 2.45) is 11.7 Å². The molecule has 0 spiro atoms. The van der Waals surface area contributed by atoms with E-state index in [0.717, 1.165) is 29.3 Å². The number of hydrogen-bond donors (Lipinski definition) is 2.